The molecular formula is C22H25ClN4O. The first-order valence-electron chi connectivity index (χ1n) is 9.59. The third-order valence-electron chi connectivity index (χ3n) is 4.98. The van der Waals surface area contributed by atoms with Crippen LogP contribution in [-0.4, -0.2) is 36.1 Å². The number of anilines is 2. The van der Waals surface area contributed by atoms with Gasteiger partial charge in [0.05, 0.1) is 36.0 Å². The van der Waals surface area contributed by atoms with Crippen LogP contribution in [0.5, 0.6) is 0 Å². The van der Waals surface area contributed by atoms with E-state index in [9.17, 15) is 0 Å². The summed E-state index contributed by atoms with van der Waals surface area (Å²) >= 11 is 6.25. The number of rotatable bonds is 5. The molecule has 0 unspecified atom stereocenters. The van der Waals surface area contributed by atoms with Crippen molar-refractivity contribution < 1.29 is 4.74 Å². The van der Waals surface area contributed by atoms with Gasteiger partial charge in [0.2, 0.25) is 0 Å². The summed E-state index contributed by atoms with van der Waals surface area (Å²) in [7, 11) is 0. The van der Waals surface area contributed by atoms with Gasteiger partial charge in [0, 0.05) is 30.4 Å². The Labute approximate surface area is 170 Å². The second kappa shape index (κ2) is 8.25. The van der Waals surface area contributed by atoms with Crippen molar-refractivity contribution in [2.24, 2.45) is 0 Å². The van der Waals surface area contributed by atoms with E-state index in [4.69, 9.17) is 16.3 Å². The monoisotopic (exact) mass is 396 g/mol. The minimum atomic E-state index is 0.731. The molecule has 4 rings (SSSR count). The van der Waals surface area contributed by atoms with Gasteiger partial charge in [-0.05, 0) is 55.8 Å². The van der Waals surface area contributed by atoms with Crippen LogP contribution in [0, 0.1) is 13.8 Å². The smallest absolute Gasteiger partial charge is 0.0648 e. The molecule has 0 saturated carbocycles. The van der Waals surface area contributed by atoms with Crippen LogP contribution in [0.15, 0.2) is 48.5 Å². The highest BCUT2D eigenvalue weighted by molar-refractivity contribution is 6.31. The van der Waals surface area contributed by atoms with Gasteiger partial charge in [-0.3, -0.25) is 0 Å². The van der Waals surface area contributed by atoms with Crippen molar-refractivity contribution in [1.29, 1.82) is 0 Å². The molecule has 6 heteroatoms. The summed E-state index contributed by atoms with van der Waals surface area (Å²) in [6.07, 6.45) is 0. The van der Waals surface area contributed by atoms with Crippen LogP contribution in [0.3, 0.4) is 0 Å². The molecule has 1 N–H and O–H groups in total. The van der Waals surface area contributed by atoms with Gasteiger partial charge in [-0.2, -0.15) is 5.10 Å². The zero-order chi connectivity index (χ0) is 19.5. The van der Waals surface area contributed by atoms with Crippen LogP contribution in [0.4, 0.5) is 11.4 Å². The summed E-state index contributed by atoms with van der Waals surface area (Å²) in [6.45, 7) is 8.13. The zero-order valence-electron chi connectivity index (χ0n) is 16.3. The molecule has 1 fully saturated rings. The first-order chi connectivity index (χ1) is 13.6. The van der Waals surface area contributed by atoms with Crippen LogP contribution in [0.25, 0.3) is 5.69 Å². The topological polar surface area (TPSA) is 42.3 Å². The van der Waals surface area contributed by atoms with Crippen molar-refractivity contribution >= 4 is 23.0 Å². The lowest BCUT2D eigenvalue weighted by Gasteiger charge is -2.30. The highest BCUT2D eigenvalue weighted by Crippen LogP contribution is 2.30. The van der Waals surface area contributed by atoms with Gasteiger partial charge >= 0.3 is 0 Å². The van der Waals surface area contributed by atoms with E-state index in [2.05, 4.69) is 58.6 Å². The second-order valence-electron chi connectivity index (χ2n) is 7.12. The minimum absolute atomic E-state index is 0.731. The molecule has 0 radical (unpaired) electrons. The van der Waals surface area contributed by atoms with Gasteiger partial charge in [0.25, 0.3) is 0 Å². The number of nitrogens with one attached hydrogen (secondary N) is 1. The number of hydrogen-bond acceptors (Lipinski definition) is 4. The van der Waals surface area contributed by atoms with Gasteiger partial charge in [0.15, 0.2) is 0 Å². The third-order valence-corrected chi connectivity index (χ3v) is 5.22. The Balaban J connectivity index is 1.48. The summed E-state index contributed by atoms with van der Waals surface area (Å²) in [6, 6.07) is 16.6. The maximum Gasteiger partial charge on any atom is 0.0648 e. The number of benzene rings is 2. The average Bonchev–Trinajstić information content (AvgIpc) is 3.05. The van der Waals surface area contributed by atoms with Crippen LogP contribution in [0.1, 0.15) is 17.0 Å². The van der Waals surface area contributed by atoms with Crippen molar-refractivity contribution in [1.82, 2.24) is 9.78 Å². The maximum absolute atomic E-state index is 6.25. The molecule has 2 heterocycles. The van der Waals surface area contributed by atoms with E-state index >= 15 is 0 Å². The van der Waals surface area contributed by atoms with E-state index in [0.717, 1.165) is 60.6 Å². The van der Waals surface area contributed by atoms with Crippen LogP contribution in [-0.2, 0) is 11.3 Å². The van der Waals surface area contributed by atoms with Crippen molar-refractivity contribution in [3.63, 3.8) is 0 Å². The largest absolute Gasteiger partial charge is 0.379 e. The van der Waals surface area contributed by atoms with Crippen molar-refractivity contribution in [3.05, 3.63) is 70.5 Å². The van der Waals surface area contributed by atoms with Crippen LogP contribution in [0.2, 0.25) is 5.02 Å². The molecule has 146 valence electrons. The Bertz CT molecular complexity index is 946. The van der Waals surface area contributed by atoms with E-state index in [-0.39, 0.29) is 0 Å². The van der Waals surface area contributed by atoms with E-state index in [1.807, 2.05) is 23.7 Å². The number of morpholine rings is 1. The molecule has 1 aliphatic heterocycles. The Morgan fingerprint density at radius 2 is 1.79 bits per heavy atom. The fourth-order valence-electron chi connectivity index (χ4n) is 3.57. The Morgan fingerprint density at radius 3 is 2.46 bits per heavy atom. The standard InChI is InChI=1S/C22H25ClN4O/c1-16-13-17(2)27(25-16)20-6-3-18(4-7-20)15-24-21-14-19(23)5-8-22(21)26-9-11-28-12-10-26/h3-8,13-14,24H,9-12,15H2,1-2H3. The van der Waals surface area contributed by atoms with Gasteiger partial charge < -0.3 is 15.0 Å². The van der Waals surface area contributed by atoms with Gasteiger partial charge in [-0.1, -0.05) is 23.7 Å². The second-order valence-corrected chi connectivity index (χ2v) is 7.56. The molecule has 1 aromatic heterocycles. The van der Waals surface area contributed by atoms with Crippen molar-refractivity contribution in [2.45, 2.75) is 20.4 Å². The molecule has 3 aromatic rings. The summed E-state index contributed by atoms with van der Waals surface area (Å²) in [5.41, 5.74) is 6.67. The number of halogens is 1. The van der Waals surface area contributed by atoms with Gasteiger partial charge in [-0.25, -0.2) is 4.68 Å². The van der Waals surface area contributed by atoms with E-state index in [0.29, 0.717) is 0 Å². The molecule has 2 aromatic carbocycles. The summed E-state index contributed by atoms with van der Waals surface area (Å²) in [4.78, 5) is 2.34. The third kappa shape index (κ3) is 4.16. The fraction of sp³-hybridized carbons (Fsp3) is 0.318. The number of aromatic nitrogens is 2. The molecule has 0 bridgehead atoms. The van der Waals surface area contributed by atoms with Crippen molar-refractivity contribution in [2.75, 3.05) is 36.5 Å². The molecule has 0 amide bonds. The lowest BCUT2D eigenvalue weighted by atomic mass is 10.2. The number of ether oxygens (including phenoxy) is 1. The predicted octanol–water partition coefficient (Wildman–Crippen LogP) is 4.59. The number of aryl methyl sites for hydroxylation is 2. The minimum Gasteiger partial charge on any atom is -0.379 e. The highest BCUT2D eigenvalue weighted by Gasteiger charge is 2.15. The van der Waals surface area contributed by atoms with Crippen molar-refractivity contribution in [3.8, 4) is 5.69 Å². The fourth-order valence-corrected chi connectivity index (χ4v) is 3.74. The molecule has 0 aliphatic carbocycles. The van der Waals surface area contributed by atoms with Crippen LogP contribution >= 0.6 is 11.6 Å². The summed E-state index contributed by atoms with van der Waals surface area (Å²) in [5, 5.41) is 8.84. The van der Waals surface area contributed by atoms with Gasteiger partial charge in [-0.15, -0.1) is 0 Å². The molecule has 0 spiro atoms. The number of nitrogens with zero attached hydrogens (tertiary/aromatic N) is 3. The predicted molar refractivity (Wildman–Crippen MR) is 115 cm³/mol. The molecule has 1 saturated heterocycles. The Morgan fingerprint density at radius 1 is 1.04 bits per heavy atom. The first kappa shape index (κ1) is 18.8. The molecule has 0 atom stereocenters. The SMILES string of the molecule is Cc1cc(C)n(-c2ccc(CNc3cc(Cl)ccc3N3CCOCC3)cc2)n1. The lowest BCUT2D eigenvalue weighted by Crippen LogP contribution is -2.36. The maximum atomic E-state index is 6.25. The molecule has 1 aliphatic rings. The van der Waals surface area contributed by atoms with E-state index in [1.54, 1.807) is 0 Å². The van der Waals surface area contributed by atoms with Crippen LogP contribution < -0.4 is 10.2 Å². The Kier molecular flexibility index (Phi) is 5.55. The normalized spacial score (nSPS) is 14.3. The average molecular weight is 397 g/mol. The quantitative estimate of drug-likeness (QED) is 0.684. The van der Waals surface area contributed by atoms with Gasteiger partial charge in [0.1, 0.15) is 0 Å². The zero-order valence-corrected chi connectivity index (χ0v) is 17.0. The molecule has 28 heavy (non-hydrogen) atoms. The number of hydrogen-bond donors (Lipinski definition) is 1. The first-order valence-corrected chi connectivity index (χ1v) is 9.97. The highest BCUT2D eigenvalue weighted by atomic mass is 35.5. The summed E-state index contributed by atoms with van der Waals surface area (Å²) in [5.74, 6) is 0. The molecular weight excluding hydrogens is 372 g/mol. The lowest BCUT2D eigenvalue weighted by molar-refractivity contribution is 0.123. The Hall–Kier alpha value is -2.50. The molecule has 5 nitrogen and oxygen atoms in total. The summed E-state index contributed by atoms with van der Waals surface area (Å²) < 4.78 is 7.45. The van der Waals surface area contributed by atoms with E-state index in [1.165, 1.54) is 11.3 Å². The van der Waals surface area contributed by atoms with E-state index < -0.39 is 0 Å².